The number of fused-ring (bicyclic) bond motifs is 2. The van der Waals surface area contributed by atoms with Crippen molar-refractivity contribution < 1.29 is 0 Å². The summed E-state index contributed by atoms with van der Waals surface area (Å²) >= 11 is 0. The molecule has 25 heavy (non-hydrogen) atoms. The van der Waals surface area contributed by atoms with Gasteiger partial charge in [0.05, 0.1) is 11.7 Å². The second-order valence-electron chi connectivity index (χ2n) is 8.70. The molecular formula is C19H28N6. The Morgan fingerprint density at radius 1 is 0.960 bits per heavy atom. The van der Waals surface area contributed by atoms with E-state index in [0.717, 1.165) is 35.9 Å². The molecule has 2 unspecified atom stereocenters. The first-order chi connectivity index (χ1) is 11.8. The van der Waals surface area contributed by atoms with Crippen LogP contribution >= 0.6 is 0 Å². The maximum atomic E-state index is 4.71. The molecule has 4 rings (SSSR count). The van der Waals surface area contributed by atoms with Crippen molar-refractivity contribution >= 4 is 5.95 Å². The summed E-state index contributed by atoms with van der Waals surface area (Å²) < 4.78 is 2.10. The van der Waals surface area contributed by atoms with E-state index >= 15 is 0 Å². The van der Waals surface area contributed by atoms with Gasteiger partial charge in [0.15, 0.2) is 0 Å². The normalized spacial score (nSPS) is 26.3. The van der Waals surface area contributed by atoms with Gasteiger partial charge in [0, 0.05) is 35.1 Å². The van der Waals surface area contributed by atoms with Crippen LogP contribution < -0.4 is 4.90 Å². The molecule has 0 spiro atoms. The van der Waals surface area contributed by atoms with Crippen LogP contribution in [-0.2, 0) is 5.41 Å². The van der Waals surface area contributed by atoms with Crippen LogP contribution in [0.5, 0.6) is 0 Å². The molecule has 4 heterocycles. The van der Waals surface area contributed by atoms with Gasteiger partial charge in [0.2, 0.25) is 5.95 Å². The lowest BCUT2D eigenvalue weighted by Crippen LogP contribution is -2.44. The van der Waals surface area contributed by atoms with Gasteiger partial charge in [0.1, 0.15) is 0 Å². The second-order valence-corrected chi connectivity index (χ2v) is 8.70. The molecule has 6 heteroatoms. The molecule has 2 aromatic heterocycles. The fourth-order valence-electron chi connectivity index (χ4n) is 4.31. The lowest BCUT2D eigenvalue weighted by atomic mass is 9.93. The Balaban J connectivity index is 1.56. The predicted octanol–water partition coefficient (Wildman–Crippen LogP) is 3.35. The van der Waals surface area contributed by atoms with Crippen LogP contribution in [0.1, 0.15) is 69.6 Å². The number of nitrogens with zero attached hydrogens (tertiary/aromatic N) is 6. The molecule has 2 bridgehead atoms. The zero-order valence-corrected chi connectivity index (χ0v) is 15.9. The Morgan fingerprint density at radius 3 is 2.08 bits per heavy atom. The van der Waals surface area contributed by atoms with Crippen molar-refractivity contribution in [3.05, 3.63) is 29.3 Å². The van der Waals surface area contributed by atoms with E-state index in [0.29, 0.717) is 18.1 Å². The molecule has 0 radical (unpaired) electrons. The summed E-state index contributed by atoms with van der Waals surface area (Å²) in [5.41, 5.74) is 3.22. The Labute approximate surface area is 149 Å². The van der Waals surface area contributed by atoms with Crippen molar-refractivity contribution in [3.63, 3.8) is 0 Å². The molecule has 0 saturated carbocycles. The molecule has 0 aliphatic carbocycles. The van der Waals surface area contributed by atoms with E-state index in [-0.39, 0.29) is 5.41 Å². The number of anilines is 1. The van der Waals surface area contributed by atoms with E-state index in [1.54, 1.807) is 0 Å². The lowest BCUT2D eigenvalue weighted by Gasteiger charge is -2.39. The van der Waals surface area contributed by atoms with E-state index < -0.39 is 0 Å². The summed E-state index contributed by atoms with van der Waals surface area (Å²) in [5.74, 6) is 0.914. The average molecular weight is 340 g/mol. The van der Waals surface area contributed by atoms with Gasteiger partial charge in [-0.3, -0.25) is 0 Å². The summed E-state index contributed by atoms with van der Waals surface area (Å²) in [7, 11) is 0. The summed E-state index contributed by atoms with van der Waals surface area (Å²) in [5, 5.41) is 8.85. The molecule has 2 aliphatic rings. The van der Waals surface area contributed by atoms with E-state index in [4.69, 9.17) is 9.97 Å². The smallest absolute Gasteiger partial charge is 0.226 e. The summed E-state index contributed by atoms with van der Waals surface area (Å²) in [4.78, 5) is 11.9. The maximum Gasteiger partial charge on any atom is 0.226 e. The summed E-state index contributed by atoms with van der Waals surface area (Å²) in [6, 6.07) is 3.49. The number of aromatic nitrogens is 5. The van der Waals surface area contributed by atoms with Crippen molar-refractivity contribution in [2.75, 3.05) is 4.90 Å². The first-order valence-corrected chi connectivity index (χ1v) is 9.34. The third kappa shape index (κ3) is 3.02. The monoisotopic (exact) mass is 340 g/mol. The van der Waals surface area contributed by atoms with Gasteiger partial charge >= 0.3 is 0 Å². The number of piperidine rings is 1. The highest BCUT2D eigenvalue weighted by atomic mass is 15.4. The predicted molar refractivity (Wildman–Crippen MR) is 97.8 cm³/mol. The fourth-order valence-corrected chi connectivity index (χ4v) is 4.31. The summed E-state index contributed by atoms with van der Waals surface area (Å²) in [6.45, 7) is 10.7. The number of rotatable bonds is 2. The highest BCUT2D eigenvalue weighted by Gasteiger charge is 2.43. The highest BCUT2D eigenvalue weighted by molar-refractivity contribution is 5.39. The topological polar surface area (TPSA) is 59.7 Å². The first-order valence-electron chi connectivity index (χ1n) is 9.34. The minimum absolute atomic E-state index is 0.0465. The van der Waals surface area contributed by atoms with Crippen molar-refractivity contribution in [2.24, 2.45) is 0 Å². The minimum atomic E-state index is 0.0465. The van der Waals surface area contributed by atoms with Gasteiger partial charge in [-0.15, -0.1) is 5.10 Å². The Morgan fingerprint density at radius 2 is 1.56 bits per heavy atom. The molecule has 2 saturated heterocycles. The first kappa shape index (κ1) is 16.5. The average Bonchev–Trinajstić information content (AvgIpc) is 3.09. The van der Waals surface area contributed by atoms with Crippen molar-refractivity contribution in [3.8, 4) is 0 Å². The zero-order chi connectivity index (χ0) is 17.8. The maximum absolute atomic E-state index is 4.71. The SMILES string of the molecule is Cc1cc(C)nc(N2C3CCC2CC(n2cc(C(C)(C)C)nn2)C3)n1. The van der Waals surface area contributed by atoms with Crippen molar-refractivity contribution in [1.82, 2.24) is 25.0 Å². The number of aryl methyl sites for hydroxylation is 2. The van der Waals surface area contributed by atoms with Gasteiger partial charge < -0.3 is 4.90 Å². The highest BCUT2D eigenvalue weighted by Crippen LogP contribution is 2.42. The van der Waals surface area contributed by atoms with Crippen LogP contribution in [0.25, 0.3) is 0 Å². The molecule has 0 aromatic carbocycles. The molecule has 0 N–H and O–H groups in total. The van der Waals surface area contributed by atoms with Crippen molar-refractivity contribution in [1.29, 1.82) is 0 Å². The molecule has 2 aromatic rings. The van der Waals surface area contributed by atoms with Crippen LogP contribution in [0.3, 0.4) is 0 Å². The van der Waals surface area contributed by atoms with E-state index in [1.165, 1.54) is 12.8 Å². The van der Waals surface area contributed by atoms with E-state index in [1.807, 2.05) is 6.07 Å². The molecule has 6 nitrogen and oxygen atoms in total. The van der Waals surface area contributed by atoms with Gasteiger partial charge in [-0.1, -0.05) is 26.0 Å². The fraction of sp³-hybridized carbons (Fsp3) is 0.684. The second kappa shape index (κ2) is 5.78. The molecule has 2 atom stereocenters. The standard InChI is InChI=1S/C19H28N6/c1-12-8-13(2)21-18(20-12)25-14-6-7-15(25)10-16(9-14)24-11-17(22-23-24)19(3,4)5/h8,11,14-16H,6-7,9-10H2,1-5H3. The quantitative estimate of drug-likeness (QED) is 0.839. The zero-order valence-electron chi connectivity index (χ0n) is 15.9. The minimum Gasteiger partial charge on any atom is -0.335 e. The third-order valence-corrected chi connectivity index (χ3v) is 5.56. The van der Waals surface area contributed by atoms with Crippen LogP contribution in [0.2, 0.25) is 0 Å². The van der Waals surface area contributed by atoms with E-state index in [9.17, 15) is 0 Å². The van der Waals surface area contributed by atoms with Gasteiger partial charge in [-0.25, -0.2) is 14.6 Å². The summed E-state index contributed by atoms with van der Waals surface area (Å²) in [6.07, 6.45) is 6.78. The van der Waals surface area contributed by atoms with Gasteiger partial charge in [-0.2, -0.15) is 0 Å². The van der Waals surface area contributed by atoms with Crippen LogP contribution in [0.4, 0.5) is 5.95 Å². The Hall–Kier alpha value is -1.98. The molecular weight excluding hydrogens is 312 g/mol. The number of hydrogen-bond donors (Lipinski definition) is 0. The van der Waals surface area contributed by atoms with E-state index in [2.05, 4.69) is 60.7 Å². The molecule has 2 fully saturated rings. The largest absolute Gasteiger partial charge is 0.335 e. The number of hydrogen-bond acceptors (Lipinski definition) is 5. The molecule has 2 aliphatic heterocycles. The lowest BCUT2D eigenvalue weighted by molar-refractivity contribution is 0.307. The van der Waals surface area contributed by atoms with Crippen LogP contribution in [0.15, 0.2) is 12.3 Å². The third-order valence-electron chi connectivity index (χ3n) is 5.56. The van der Waals surface area contributed by atoms with Gasteiger partial charge in [-0.05, 0) is 45.6 Å². The van der Waals surface area contributed by atoms with Crippen LogP contribution in [0, 0.1) is 13.8 Å². The molecule has 0 amide bonds. The van der Waals surface area contributed by atoms with Gasteiger partial charge in [0.25, 0.3) is 0 Å². The van der Waals surface area contributed by atoms with Crippen molar-refractivity contribution in [2.45, 2.75) is 83.8 Å². The molecule has 134 valence electrons. The Kier molecular flexibility index (Phi) is 3.81. The van der Waals surface area contributed by atoms with Crippen LogP contribution in [-0.4, -0.2) is 37.0 Å². The Bertz CT molecular complexity index is 740.